The first kappa shape index (κ1) is 15.3. The SMILES string of the molecule is COCc1cc(OC)c(C(CN)C(=O)O)cc1OC. The lowest BCUT2D eigenvalue weighted by molar-refractivity contribution is -0.138. The summed E-state index contributed by atoms with van der Waals surface area (Å²) in [5.41, 5.74) is 6.79. The standard InChI is InChI=1S/C13H19NO5/c1-17-7-8-4-12(19-3)9(5-11(8)18-2)10(6-14)13(15)16/h4-5,10H,6-7,14H2,1-3H3,(H,15,16). The average molecular weight is 269 g/mol. The predicted octanol–water partition coefficient (Wildman–Crippen LogP) is 0.977. The molecule has 0 saturated carbocycles. The van der Waals surface area contributed by atoms with E-state index in [9.17, 15) is 9.90 Å². The Kier molecular flexibility index (Phi) is 5.59. The van der Waals surface area contributed by atoms with Gasteiger partial charge in [-0.25, -0.2) is 0 Å². The number of hydrogen-bond donors (Lipinski definition) is 2. The van der Waals surface area contributed by atoms with Crippen LogP contribution >= 0.6 is 0 Å². The van der Waals surface area contributed by atoms with Crippen molar-refractivity contribution in [2.75, 3.05) is 27.9 Å². The first-order valence-corrected chi connectivity index (χ1v) is 5.75. The molecule has 1 aromatic rings. The zero-order chi connectivity index (χ0) is 14.4. The average Bonchev–Trinajstić information content (AvgIpc) is 2.40. The first-order chi connectivity index (χ1) is 9.08. The summed E-state index contributed by atoms with van der Waals surface area (Å²) in [6, 6.07) is 3.35. The highest BCUT2D eigenvalue weighted by Gasteiger charge is 2.24. The molecule has 6 heteroatoms. The third-order valence-corrected chi connectivity index (χ3v) is 2.84. The molecule has 0 aliphatic rings. The molecule has 0 aliphatic heterocycles. The van der Waals surface area contributed by atoms with Gasteiger partial charge in [-0.3, -0.25) is 4.79 Å². The molecule has 1 atom stereocenters. The van der Waals surface area contributed by atoms with E-state index in [4.69, 9.17) is 19.9 Å². The van der Waals surface area contributed by atoms with Gasteiger partial charge in [0.15, 0.2) is 0 Å². The summed E-state index contributed by atoms with van der Waals surface area (Å²) < 4.78 is 15.5. The highest BCUT2D eigenvalue weighted by molar-refractivity contribution is 5.78. The van der Waals surface area contributed by atoms with Crippen LogP contribution in [0.2, 0.25) is 0 Å². The highest BCUT2D eigenvalue weighted by Crippen LogP contribution is 2.34. The number of aliphatic carboxylic acids is 1. The largest absolute Gasteiger partial charge is 0.496 e. The van der Waals surface area contributed by atoms with E-state index >= 15 is 0 Å². The third kappa shape index (κ3) is 3.36. The lowest BCUT2D eigenvalue weighted by atomic mass is 9.96. The van der Waals surface area contributed by atoms with Crippen molar-refractivity contribution in [3.63, 3.8) is 0 Å². The highest BCUT2D eigenvalue weighted by atomic mass is 16.5. The van der Waals surface area contributed by atoms with Gasteiger partial charge in [0.05, 0.1) is 26.7 Å². The van der Waals surface area contributed by atoms with Crippen LogP contribution in [0.5, 0.6) is 11.5 Å². The third-order valence-electron chi connectivity index (χ3n) is 2.84. The molecule has 19 heavy (non-hydrogen) atoms. The molecule has 106 valence electrons. The van der Waals surface area contributed by atoms with E-state index < -0.39 is 11.9 Å². The van der Waals surface area contributed by atoms with Crippen LogP contribution in [0, 0.1) is 0 Å². The molecule has 0 fully saturated rings. The summed E-state index contributed by atoms with van der Waals surface area (Å²) in [7, 11) is 4.57. The molecule has 1 rings (SSSR count). The molecule has 0 saturated heterocycles. The molecule has 0 aliphatic carbocycles. The maximum absolute atomic E-state index is 11.2. The molecule has 0 radical (unpaired) electrons. The van der Waals surface area contributed by atoms with Crippen LogP contribution in [0.15, 0.2) is 12.1 Å². The number of methoxy groups -OCH3 is 3. The van der Waals surface area contributed by atoms with Crippen molar-refractivity contribution in [1.82, 2.24) is 0 Å². The molecule has 0 bridgehead atoms. The van der Waals surface area contributed by atoms with Crippen molar-refractivity contribution in [3.8, 4) is 11.5 Å². The molecule has 0 aromatic heterocycles. The van der Waals surface area contributed by atoms with Gasteiger partial charge in [0.25, 0.3) is 0 Å². The fourth-order valence-corrected chi connectivity index (χ4v) is 1.89. The van der Waals surface area contributed by atoms with Crippen LogP contribution in [0.25, 0.3) is 0 Å². The zero-order valence-corrected chi connectivity index (χ0v) is 11.3. The van der Waals surface area contributed by atoms with Gasteiger partial charge in [-0.2, -0.15) is 0 Å². The van der Waals surface area contributed by atoms with E-state index in [2.05, 4.69) is 0 Å². The Hall–Kier alpha value is -1.79. The maximum atomic E-state index is 11.2. The number of carboxylic acids is 1. The predicted molar refractivity (Wildman–Crippen MR) is 69.7 cm³/mol. The van der Waals surface area contributed by atoms with Crippen molar-refractivity contribution in [2.24, 2.45) is 5.73 Å². The summed E-state index contributed by atoms with van der Waals surface area (Å²) in [4.78, 5) is 11.2. The number of benzene rings is 1. The lowest BCUT2D eigenvalue weighted by Gasteiger charge is -2.18. The van der Waals surface area contributed by atoms with Gasteiger partial charge in [0.2, 0.25) is 0 Å². The molecule has 6 nitrogen and oxygen atoms in total. The summed E-state index contributed by atoms with van der Waals surface area (Å²) in [6.07, 6.45) is 0. The Balaban J connectivity index is 3.34. The Morgan fingerprint density at radius 3 is 2.32 bits per heavy atom. The van der Waals surface area contributed by atoms with Gasteiger partial charge in [0.1, 0.15) is 11.5 Å². The summed E-state index contributed by atoms with van der Waals surface area (Å²) >= 11 is 0. The number of carboxylic acid groups (broad SMARTS) is 1. The van der Waals surface area contributed by atoms with Crippen molar-refractivity contribution < 1.29 is 24.1 Å². The van der Waals surface area contributed by atoms with E-state index in [0.717, 1.165) is 5.56 Å². The second kappa shape index (κ2) is 6.96. The number of carbonyl (C=O) groups is 1. The molecule has 0 heterocycles. The Labute approximate surface area is 112 Å². The van der Waals surface area contributed by atoms with Crippen LogP contribution in [-0.4, -0.2) is 38.9 Å². The topological polar surface area (TPSA) is 91.0 Å². The fraction of sp³-hybridized carbons (Fsp3) is 0.462. The van der Waals surface area contributed by atoms with Gasteiger partial charge < -0.3 is 25.1 Å². The summed E-state index contributed by atoms with van der Waals surface area (Å²) in [6.45, 7) is 0.332. The number of hydrogen-bond acceptors (Lipinski definition) is 5. The minimum absolute atomic E-state index is 0.0154. The van der Waals surface area contributed by atoms with E-state index in [1.807, 2.05) is 0 Å². The van der Waals surface area contributed by atoms with Crippen molar-refractivity contribution >= 4 is 5.97 Å². The number of nitrogens with two attached hydrogens (primary N) is 1. The molecular formula is C13H19NO5. The monoisotopic (exact) mass is 269 g/mol. The lowest BCUT2D eigenvalue weighted by Crippen LogP contribution is -2.22. The van der Waals surface area contributed by atoms with E-state index in [1.165, 1.54) is 14.2 Å². The van der Waals surface area contributed by atoms with E-state index in [1.54, 1.807) is 19.2 Å². The number of rotatable bonds is 7. The van der Waals surface area contributed by atoms with E-state index in [0.29, 0.717) is 23.7 Å². The maximum Gasteiger partial charge on any atom is 0.312 e. The number of ether oxygens (including phenoxy) is 3. The molecule has 1 unspecified atom stereocenters. The Morgan fingerprint density at radius 2 is 1.89 bits per heavy atom. The van der Waals surface area contributed by atoms with E-state index in [-0.39, 0.29) is 6.54 Å². The quantitative estimate of drug-likeness (QED) is 0.766. The van der Waals surface area contributed by atoms with Gasteiger partial charge in [0, 0.05) is 24.8 Å². The summed E-state index contributed by atoms with van der Waals surface area (Å²) in [5, 5.41) is 9.18. The minimum atomic E-state index is -0.998. The van der Waals surface area contributed by atoms with Crippen molar-refractivity contribution in [1.29, 1.82) is 0 Å². The molecular weight excluding hydrogens is 250 g/mol. The van der Waals surface area contributed by atoms with Crippen LogP contribution in [0.1, 0.15) is 17.0 Å². The van der Waals surface area contributed by atoms with Gasteiger partial charge in [-0.15, -0.1) is 0 Å². The normalized spacial score (nSPS) is 12.0. The zero-order valence-electron chi connectivity index (χ0n) is 11.3. The Bertz CT molecular complexity index is 447. The molecule has 1 aromatic carbocycles. The smallest absolute Gasteiger partial charge is 0.312 e. The van der Waals surface area contributed by atoms with Crippen molar-refractivity contribution in [3.05, 3.63) is 23.3 Å². The van der Waals surface area contributed by atoms with Crippen LogP contribution in [0.3, 0.4) is 0 Å². The van der Waals surface area contributed by atoms with Crippen molar-refractivity contribution in [2.45, 2.75) is 12.5 Å². The molecule has 0 amide bonds. The van der Waals surface area contributed by atoms with Crippen LogP contribution < -0.4 is 15.2 Å². The van der Waals surface area contributed by atoms with Crippen LogP contribution in [-0.2, 0) is 16.1 Å². The first-order valence-electron chi connectivity index (χ1n) is 5.75. The van der Waals surface area contributed by atoms with Gasteiger partial charge in [-0.05, 0) is 12.1 Å². The Morgan fingerprint density at radius 1 is 1.26 bits per heavy atom. The fourth-order valence-electron chi connectivity index (χ4n) is 1.89. The second-order valence-corrected chi connectivity index (χ2v) is 3.97. The molecule has 0 spiro atoms. The van der Waals surface area contributed by atoms with Crippen LogP contribution in [0.4, 0.5) is 0 Å². The summed E-state index contributed by atoms with van der Waals surface area (Å²) in [5.74, 6) is -0.814. The minimum Gasteiger partial charge on any atom is -0.496 e. The van der Waals surface area contributed by atoms with Gasteiger partial charge in [-0.1, -0.05) is 0 Å². The van der Waals surface area contributed by atoms with Gasteiger partial charge >= 0.3 is 5.97 Å². The second-order valence-electron chi connectivity index (χ2n) is 3.97. The molecule has 3 N–H and O–H groups in total.